The van der Waals surface area contributed by atoms with E-state index in [4.69, 9.17) is 0 Å². The van der Waals surface area contributed by atoms with Gasteiger partial charge in [-0.05, 0) is 43.7 Å². The summed E-state index contributed by atoms with van der Waals surface area (Å²) in [7, 11) is 0. The predicted octanol–water partition coefficient (Wildman–Crippen LogP) is 2.83. The SMILES string of the molecule is O=C(Nc1ccccc1)[C@@H]1CC=C[C@@H]2CCN(C3CC3)C(=O)[C@@H]21. The average molecular weight is 310 g/mol. The van der Waals surface area contributed by atoms with Gasteiger partial charge >= 0.3 is 0 Å². The molecule has 0 spiro atoms. The molecule has 1 aliphatic heterocycles. The summed E-state index contributed by atoms with van der Waals surface area (Å²) in [6, 6.07) is 9.93. The number of hydrogen-bond acceptors (Lipinski definition) is 2. The van der Waals surface area contributed by atoms with Gasteiger partial charge in [-0.2, -0.15) is 0 Å². The standard InChI is InChI=1S/C19H22N2O2/c22-18(20-14-6-2-1-3-7-14)16-8-4-5-13-11-12-21(15-9-10-15)19(23)17(13)16/h1-7,13,15-17H,8-12H2,(H,20,22)/t13-,16-,17+/m1/s1. The van der Waals surface area contributed by atoms with Gasteiger partial charge in [0.25, 0.3) is 0 Å². The highest BCUT2D eigenvalue weighted by molar-refractivity contribution is 5.96. The fourth-order valence-electron chi connectivity index (χ4n) is 3.96. The molecule has 0 bridgehead atoms. The van der Waals surface area contributed by atoms with Crippen molar-refractivity contribution in [3.63, 3.8) is 0 Å². The lowest BCUT2D eigenvalue weighted by atomic mass is 9.71. The van der Waals surface area contributed by atoms with Crippen molar-refractivity contribution in [2.45, 2.75) is 31.7 Å². The van der Waals surface area contributed by atoms with Gasteiger partial charge in [-0.25, -0.2) is 0 Å². The van der Waals surface area contributed by atoms with Crippen LogP contribution in [-0.2, 0) is 9.59 Å². The fraction of sp³-hybridized carbons (Fsp3) is 0.474. The van der Waals surface area contributed by atoms with Crippen LogP contribution in [0, 0.1) is 17.8 Å². The average Bonchev–Trinajstić information content (AvgIpc) is 3.40. The molecule has 1 saturated carbocycles. The Labute approximate surface area is 136 Å². The molecule has 1 aromatic rings. The minimum absolute atomic E-state index is 0.0263. The molecule has 0 radical (unpaired) electrons. The van der Waals surface area contributed by atoms with Crippen LogP contribution in [0.3, 0.4) is 0 Å². The van der Waals surface area contributed by atoms with Gasteiger partial charge < -0.3 is 10.2 Å². The summed E-state index contributed by atoms with van der Waals surface area (Å²) >= 11 is 0. The number of anilines is 1. The van der Waals surface area contributed by atoms with E-state index >= 15 is 0 Å². The number of amides is 2. The maximum atomic E-state index is 12.9. The summed E-state index contributed by atoms with van der Waals surface area (Å²) < 4.78 is 0. The molecule has 23 heavy (non-hydrogen) atoms. The number of para-hydroxylation sites is 1. The number of nitrogens with one attached hydrogen (secondary N) is 1. The Kier molecular flexibility index (Phi) is 3.68. The number of rotatable bonds is 3. The molecule has 1 saturated heterocycles. The number of piperidine rings is 1. The number of fused-ring (bicyclic) bond motifs is 1. The number of hydrogen-bond donors (Lipinski definition) is 1. The molecule has 2 aliphatic carbocycles. The van der Waals surface area contributed by atoms with Crippen molar-refractivity contribution in [2.75, 3.05) is 11.9 Å². The van der Waals surface area contributed by atoms with Crippen molar-refractivity contribution in [1.29, 1.82) is 0 Å². The fourth-order valence-corrected chi connectivity index (χ4v) is 3.96. The highest BCUT2D eigenvalue weighted by atomic mass is 16.2. The normalized spacial score (nSPS) is 30.0. The van der Waals surface area contributed by atoms with Crippen LogP contribution in [0.5, 0.6) is 0 Å². The van der Waals surface area contributed by atoms with Crippen molar-refractivity contribution in [2.24, 2.45) is 17.8 Å². The second-order valence-electron chi connectivity index (χ2n) is 6.87. The van der Waals surface area contributed by atoms with Gasteiger partial charge in [0, 0.05) is 18.3 Å². The molecule has 1 heterocycles. The topological polar surface area (TPSA) is 49.4 Å². The molecule has 1 N–H and O–H groups in total. The maximum absolute atomic E-state index is 12.9. The Morgan fingerprint density at radius 2 is 1.91 bits per heavy atom. The third-order valence-electron chi connectivity index (χ3n) is 5.31. The first kappa shape index (κ1) is 14.5. The van der Waals surface area contributed by atoms with E-state index in [-0.39, 0.29) is 29.6 Å². The van der Waals surface area contributed by atoms with Gasteiger partial charge in [-0.3, -0.25) is 9.59 Å². The molecule has 1 aromatic carbocycles. The lowest BCUT2D eigenvalue weighted by molar-refractivity contribution is -0.147. The Hall–Kier alpha value is -2.10. The van der Waals surface area contributed by atoms with Crippen LogP contribution in [-0.4, -0.2) is 29.3 Å². The third kappa shape index (κ3) is 2.78. The molecule has 2 amide bonds. The smallest absolute Gasteiger partial charge is 0.228 e. The van der Waals surface area contributed by atoms with Gasteiger partial charge in [0.1, 0.15) is 0 Å². The van der Waals surface area contributed by atoms with Gasteiger partial charge in [0.15, 0.2) is 0 Å². The molecule has 3 atom stereocenters. The van der Waals surface area contributed by atoms with E-state index in [1.165, 1.54) is 0 Å². The molecule has 4 nitrogen and oxygen atoms in total. The largest absolute Gasteiger partial charge is 0.339 e. The Bertz CT molecular complexity index is 636. The lowest BCUT2D eigenvalue weighted by Gasteiger charge is -2.41. The summed E-state index contributed by atoms with van der Waals surface area (Å²) in [5.74, 6) is -0.0436. The monoisotopic (exact) mass is 310 g/mol. The van der Waals surface area contributed by atoms with Crippen molar-refractivity contribution in [3.05, 3.63) is 42.5 Å². The van der Waals surface area contributed by atoms with E-state index in [9.17, 15) is 9.59 Å². The third-order valence-corrected chi connectivity index (χ3v) is 5.31. The van der Waals surface area contributed by atoms with Crippen molar-refractivity contribution in [1.82, 2.24) is 4.90 Å². The number of nitrogens with zero attached hydrogens (tertiary/aromatic N) is 1. The molecule has 120 valence electrons. The number of carbonyl (C=O) groups excluding carboxylic acids is 2. The minimum atomic E-state index is -0.251. The molecule has 3 aliphatic rings. The quantitative estimate of drug-likeness (QED) is 0.873. The van der Waals surface area contributed by atoms with Crippen molar-refractivity contribution in [3.8, 4) is 0 Å². The van der Waals surface area contributed by atoms with E-state index < -0.39 is 0 Å². The molecule has 4 rings (SSSR count). The zero-order valence-electron chi connectivity index (χ0n) is 13.2. The van der Waals surface area contributed by atoms with Crippen LogP contribution in [0.1, 0.15) is 25.7 Å². The van der Waals surface area contributed by atoms with E-state index in [1.807, 2.05) is 35.2 Å². The van der Waals surface area contributed by atoms with Crippen LogP contribution < -0.4 is 5.32 Å². The van der Waals surface area contributed by atoms with E-state index in [0.29, 0.717) is 12.5 Å². The summed E-state index contributed by atoms with van der Waals surface area (Å²) in [6.45, 7) is 0.849. The first-order valence-electron chi connectivity index (χ1n) is 8.57. The Morgan fingerprint density at radius 3 is 2.65 bits per heavy atom. The van der Waals surface area contributed by atoms with E-state index in [1.54, 1.807) is 0 Å². The Morgan fingerprint density at radius 1 is 1.13 bits per heavy atom. The summed E-state index contributed by atoms with van der Waals surface area (Å²) in [5.41, 5.74) is 0.797. The highest BCUT2D eigenvalue weighted by Gasteiger charge is 2.47. The van der Waals surface area contributed by atoms with Crippen LogP contribution in [0.25, 0.3) is 0 Å². The first-order valence-corrected chi connectivity index (χ1v) is 8.57. The molecular formula is C19H22N2O2. The second kappa shape index (κ2) is 5.84. The number of carbonyl (C=O) groups is 2. The zero-order chi connectivity index (χ0) is 15.8. The summed E-state index contributed by atoms with van der Waals surface area (Å²) in [5, 5.41) is 2.98. The molecule has 2 fully saturated rings. The second-order valence-corrected chi connectivity index (χ2v) is 6.87. The predicted molar refractivity (Wildman–Crippen MR) is 88.7 cm³/mol. The maximum Gasteiger partial charge on any atom is 0.228 e. The molecule has 0 unspecified atom stereocenters. The van der Waals surface area contributed by atoms with E-state index in [2.05, 4.69) is 17.5 Å². The van der Waals surface area contributed by atoms with E-state index in [0.717, 1.165) is 31.5 Å². The molecular weight excluding hydrogens is 288 g/mol. The van der Waals surface area contributed by atoms with Gasteiger partial charge in [0.2, 0.25) is 11.8 Å². The molecule has 4 heteroatoms. The van der Waals surface area contributed by atoms with Crippen molar-refractivity contribution < 1.29 is 9.59 Å². The van der Waals surface area contributed by atoms with Gasteiger partial charge in [-0.1, -0.05) is 30.4 Å². The highest BCUT2D eigenvalue weighted by Crippen LogP contribution is 2.41. The summed E-state index contributed by atoms with van der Waals surface area (Å²) in [6.07, 6.45) is 8.12. The van der Waals surface area contributed by atoms with Gasteiger partial charge in [-0.15, -0.1) is 0 Å². The van der Waals surface area contributed by atoms with Gasteiger partial charge in [0.05, 0.1) is 11.8 Å². The summed E-state index contributed by atoms with van der Waals surface area (Å²) in [4.78, 5) is 27.7. The van der Waals surface area contributed by atoms with Crippen molar-refractivity contribution >= 4 is 17.5 Å². The minimum Gasteiger partial charge on any atom is -0.339 e. The zero-order valence-corrected chi connectivity index (χ0v) is 13.2. The van der Waals surface area contributed by atoms with Crippen LogP contribution in [0.4, 0.5) is 5.69 Å². The number of allylic oxidation sites excluding steroid dienone is 2. The number of likely N-dealkylation sites (tertiary alicyclic amines) is 1. The lowest BCUT2D eigenvalue weighted by Crippen LogP contribution is -2.51. The number of benzene rings is 1. The Balaban J connectivity index is 1.53. The molecule has 0 aromatic heterocycles. The first-order chi connectivity index (χ1) is 11.2. The van der Waals surface area contributed by atoms with Crippen LogP contribution in [0.2, 0.25) is 0 Å². The van der Waals surface area contributed by atoms with Crippen LogP contribution in [0.15, 0.2) is 42.5 Å². The van der Waals surface area contributed by atoms with Crippen LogP contribution >= 0.6 is 0 Å².